The second-order valence-corrected chi connectivity index (χ2v) is 5.36. The maximum absolute atomic E-state index is 11.7. The monoisotopic (exact) mass is 236 g/mol. The number of hydrogen-bond donors (Lipinski definition) is 1. The molecule has 2 atom stereocenters. The highest BCUT2D eigenvalue weighted by Crippen LogP contribution is 2.31. The molecule has 1 N–H and O–H groups in total. The van der Waals surface area contributed by atoms with Crippen molar-refractivity contribution in [3.05, 3.63) is 23.3 Å². The number of ketones is 1. The molecule has 96 valence electrons. The average molecular weight is 236 g/mol. The van der Waals surface area contributed by atoms with Crippen LogP contribution < -0.4 is 0 Å². The molecule has 1 aliphatic carbocycles. The second-order valence-electron chi connectivity index (χ2n) is 5.36. The molecule has 2 heteroatoms. The molecule has 0 aliphatic heterocycles. The zero-order chi connectivity index (χ0) is 13.0. The van der Waals surface area contributed by atoms with Crippen molar-refractivity contribution in [2.45, 2.75) is 59.0 Å². The molecule has 1 aliphatic rings. The molecule has 2 nitrogen and oxygen atoms in total. The van der Waals surface area contributed by atoms with Crippen molar-refractivity contribution in [3.8, 4) is 0 Å². The van der Waals surface area contributed by atoms with Crippen LogP contribution in [0.1, 0.15) is 52.9 Å². The van der Waals surface area contributed by atoms with Gasteiger partial charge in [0.1, 0.15) is 0 Å². The van der Waals surface area contributed by atoms with Gasteiger partial charge in [-0.15, -0.1) is 0 Å². The maximum Gasteiger partial charge on any atom is 0.159 e. The molecule has 0 fully saturated rings. The van der Waals surface area contributed by atoms with Crippen molar-refractivity contribution in [2.75, 3.05) is 0 Å². The predicted octanol–water partition coefficient (Wildman–Crippen LogP) is 3.41. The molecule has 0 heterocycles. The predicted molar refractivity (Wildman–Crippen MR) is 70.8 cm³/mol. The van der Waals surface area contributed by atoms with E-state index in [0.717, 1.165) is 36.8 Å². The first-order chi connectivity index (χ1) is 7.91. The minimum Gasteiger partial charge on any atom is -0.393 e. The van der Waals surface area contributed by atoms with E-state index in [1.54, 1.807) is 6.92 Å². The molecule has 0 saturated heterocycles. The van der Waals surface area contributed by atoms with Gasteiger partial charge in [-0.1, -0.05) is 17.7 Å². The van der Waals surface area contributed by atoms with E-state index < -0.39 is 0 Å². The summed E-state index contributed by atoms with van der Waals surface area (Å²) in [7, 11) is 0. The van der Waals surface area contributed by atoms with Crippen LogP contribution in [0, 0.1) is 5.92 Å². The lowest BCUT2D eigenvalue weighted by Gasteiger charge is -2.18. The number of carbonyl (C=O) groups is 1. The Bertz CT molecular complexity index is 337. The van der Waals surface area contributed by atoms with Gasteiger partial charge in [0.2, 0.25) is 0 Å². The van der Waals surface area contributed by atoms with Gasteiger partial charge in [0, 0.05) is 6.42 Å². The molecule has 0 spiro atoms. The van der Waals surface area contributed by atoms with Gasteiger partial charge in [0.25, 0.3) is 0 Å². The summed E-state index contributed by atoms with van der Waals surface area (Å²) in [5.41, 5.74) is 3.38. The first-order valence-corrected chi connectivity index (χ1v) is 6.47. The molecule has 0 bridgehead atoms. The van der Waals surface area contributed by atoms with Crippen molar-refractivity contribution in [2.24, 2.45) is 5.92 Å². The summed E-state index contributed by atoms with van der Waals surface area (Å²) >= 11 is 0. The van der Waals surface area contributed by atoms with E-state index in [2.05, 4.69) is 13.5 Å². The molecule has 0 aromatic carbocycles. The quantitative estimate of drug-likeness (QED) is 0.718. The van der Waals surface area contributed by atoms with Crippen molar-refractivity contribution < 1.29 is 9.90 Å². The minimum atomic E-state index is -0.272. The molecule has 0 aromatic rings. The zero-order valence-electron chi connectivity index (χ0n) is 11.3. The van der Waals surface area contributed by atoms with E-state index in [0.29, 0.717) is 18.1 Å². The highest BCUT2D eigenvalue weighted by Gasteiger charge is 2.23. The van der Waals surface area contributed by atoms with E-state index in [1.807, 2.05) is 6.92 Å². The SMILES string of the molecule is C=C(C)[C@@H](CC[C@H](C)O)CC1=C(C)CCC1=O. The molecular formula is C15H24O2. The molecule has 17 heavy (non-hydrogen) atoms. The van der Waals surface area contributed by atoms with Gasteiger partial charge < -0.3 is 5.11 Å². The van der Waals surface area contributed by atoms with E-state index in [4.69, 9.17) is 0 Å². The number of hydrogen-bond acceptors (Lipinski definition) is 2. The Morgan fingerprint density at radius 1 is 1.41 bits per heavy atom. The Morgan fingerprint density at radius 3 is 2.47 bits per heavy atom. The van der Waals surface area contributed by atoms with Gasteiger partial charge in [-0.3, -0.25) is 4.79 Å². The van der Waals surface area contributed by atoms with Crippen LogP contribution in [0.2, 0.25) is 0 Å². The summed E-state index contributed by atoms with van der Waals surface area (Å²) in [6.07, 6.45) is 3.83. The Labute approximate surface area is 104 Å². The van der Waals surface area contributed by atoms with Crippen LogP contribution in [0.15, 0.2) is 23.3 Å². The van der Waals surface area contributed by atoms with Gasteiger partial charge >= 0.3 is 0 Å². The van der Waals surface area contributed by atoms with E-state index in [1.165, 1.54) is 5.57 Å². The summed E-state index contributed by atoms with van der Waals surface area (Å²) in [5.74, 6) is 0.641. The number of allylic oxidation sites excluding steroid dienone is 3. The van der Waals surface area contributed by atoms with E-state index in [-0.39, 0.29) is 6.10 Å². The van der Waals surface area contributed by atoms with Crippen LogP contribution in [0.5, 0.6) is 0 Å². The van der Waals surface area contributed by atoms with Crippen molar-refractivity contribution >= 4 is 5.78 Å². The summed E-state index contributed by atoms with van der Waals surface area (Å²) < 4.78 is 0. The lowest BCUT2D eigenvalue weighted by molar-refractivity contribution is -0.115. The molecule has 0 amide bonds. The topological polar surface area (TPSA) is 37.3 Å². The summed E-state index contributed by atoms with van der Waals surface area (Å²) in [5, 5.41) is 9.34. The van der Waals surface area contributed by atoms with Crippen LogP contribution in [0.3, 0.4) is 0 Å². The Kier molecular flexibility index (Phi) is 5.13. The summed E-state index contributed by atoms with van der Waals surface area (Å²) in [4.78, 5) is 11.7. The first-order valence-electron chi connectivity index (χ1n) is 6.47. The number of rotatable bonds is 6. The lowest BCUT2D eigenvalue weighted by atomic mass is 9.87. The van der Waals surface area contributed by atoms with Crippen molar-refractivity contribution in [1.82, 2.24) is 0 Å². The fourth-order valence-electron chi connectivity index (χ4n) is 2.34. The van der Waals surface area contributed by atoms with E-state index >= 15 is 0 Å². The molecule has 0 radical (unpaired) electrons. The largest absolute Gasteiger partial charge is 0.393 e. The van der Waals surface area contributed by atoms with Gasteiger partial charge in [-0.2, -0.15) is 0 Å². The van der Waals surface area contributed by atoms with Crippen LogP contribution in [0.4, 0.5) is 0 Å². The van der Waals surface area contributed by atoms with Gasteiger partial charge in [0.15, 0.2) is 5.78 Å². The van der Waals surface area contributed by atoms with Crippen LogP contribution in [-0.4, -0.2) is 17.0 Å². The zero-order valence-corrected chi connectivity index (χ0v) is 11.3. The summed E-state index contributed by atoms with van der Waals surface area (Å²) in [6.45, 7) is 9.89. The molecule has 1 rings (SSSR count). The van der Waals surface area contributed by atoms with Crippen LogP contribution in [-0.2, 0) is 4.79 Å². The summed E-state index contributed by atoms with van der Waals surface area (Å²) in [6, 6.07) is 0. The second kappa shape index (κ2) is 6.15. The Morgan fingerprint density at radius 2 is 2.06 bits per heavy atom. The highest BCUT2D eigenvalue weighted by molar-refractivity contribution is 5.98. The van der Waals surface area contributed by atoms with Crippen LogP contribution >= 0.6 is 0 Å². The molecule has 0 saturated carbocycles. The average Bonchev–Trinajstić information content (AvgIpc) is 2.53. The smallest absolute Gasteiger partial charge is 0.159 e. The number of carbonyl (C=O) groups excluding carboxylic acids is 1. The van der Waals surface area contributed by atoms with Gasteiger partial charge in [0.05, 0.1) is 6.10 Å². The molecule has 0 aromatic heterocycles. The highest BCUT2D eigenvalue weighted by atomic mass is 16.3. The lowest BCUT2D eigenvalue weighted by Crippen LogP contribution is -2.10. The third-order valence-corrected chi connectivity index (χ3v) is 3.66. The van der Waals surface area contributed by atoms with Crippen molar-refractivity contribution in [1.29, 1.82) is 0 Å². The minimum absolute atomic E-state index is 0.272. The molecular weight excluding hydrogens is 212 g/mol. The fraction of sp³-hybridized carbons (Fsp3) is 0.667. The van der Waals surface area contributed by atoms with Gasteiger partial charge in [-0.05, 0) is 57.9 Å². The normalized spacial score (nSPS) is 19.6. The van der Waals surface area contributed by atoms with Crippen molar-refractivity contribution in [3.63, 3.8) is 0 Å². The maximum atomic E-state index is 11.7. The fourth-order valence-corrected chi connectivity index (χ4v) is 2.34. The van der Waals surface area contributed by atoms with Crippen LogP contribution in [0.25, 0.3) is 0 Å². The third kappa shape index (κ3) is 4.12. The Hall–Kier alpha value is -0.890. The first kappa shape index (κ1) is 14.2. The number of aliphatic hydroxyl groups is 1. The number of Topliss-reactive ketones (excluding diaryl/α,β-unsaturated/α-hetero) is 1. The Balaban J connectivity index is 2.64. The molecule has 0 unspecified atom stereocenters. The van der Waals surface area contributed by atoms with E-state index in [9.17, 15) is 9.90 Å². The standard InChI is InChI=1S/C15H24O2/c1-10(2)13(7-6-12(4)16)9-14-11(3)5-8-15(14)17/h12-13,16H,1,5-9H2,2-4H3/t12-,13-/m0/s1. The van der Waals surface area contributed by atoms with Gasteiger partial charge in [-0.25, -0.2) is 0 Å². The number of aliphatic hydroxyl groups excluding tert-OH is 1. The third-order valence-electron chi connectivity index (χ3n) is 3.66.